The van der Waals surface area contributed by atoms with Crippen molar-refractivity contribution < 1.29 is 14.3 Å². The molecule has 1 heterocycles. The highest BCUT2D eigenvalue weighted by atomic mass is 35.5. The lowest BCUT2D eigenvalue weighted by Gasteiger charge is -2.23. The van der Waals surface area contributed by atoms with E-state index in [4.69, 9.17) is 21.6 Å². The van der Waals surface area contributed by atoms with Crippen LogP contribution in [0.25, 0.3) is 0 Å². The number of carbonyl (C=O) groups is 2. The molecule has 1 N–H and O–H groups in total. The zero-order valence-electron chi connectivity index (χ0n) is 18.0. The number of benzene rings is 3. The Kier molecular flexibility index (Phi) is 6.62. The summed E-state index contributed by atoms with van der Waals surface area (Å²) in [5, 5.41) is 12.4. The van der Waals surface area contributed by atoms with Gasteiger partial charge in [-0.3, -0.25) is 9.59 Å². The molecule has 3 aromatic rings. The number of halogens is 1. The molecule has 0 fully saturated rings. The highest BCUT2D eigenvalue weighted by Gasteiger charge is 2.30. The van der Waals surface area contributed by atoms with Gasteiger partial charge in [-0.05, 0) is 60.5 Å². The summed E-state index contributed by atoms with van der Waals surface area (Å²) >= 11 is 6.33. The van der Waals surface area contributed by atoms with E-state index in [-0.39, 0.29) is 11.8 Å². The summed E-state index contributed by atoms with van der Waals surface area (Å²) in [5.74, 6) is 0.231. The number of hydrogen-bond donors (Lipinski definition) is 1. The molecule has 0 spiro atoms. The van der Waals surface area contributed by atoms with Gasteiger partial charge >= 0.3 is 0 Å². The number of carbonyl (C=O) groups excluding carboxylic acids is 2. The third-order valence-corrected chi connectivity index (χ3v) is 5.87. The fraction of sp³-hybridized carbons (Fsp3) is 0.192. The quantitative estimate of drug-likeness (QED) is 0.571. The van der Waals surface area contributed by atoms with Crippen LogP contribution < -0.4 is 10.1 Å². The van der Waals surface area contributed by atoms with Crippen LogP contribution in [0.15, 0.2) is 66.7 Å². The molecule has 1 unspecified atom stereocenters. The number of nitrogens with zero attached hydrogens (tertiary/aromatic N) is 2. The van der Waals surface area contributed by atoms with Crippen molar-refractivity contribution in [3.05, 3.63) is 94.0 Å². The molecule has 0 bridgehead atoms. The number of amides is 2. The Balaban J connectivity index is 1.58. The summed E-state index contributed by atoms with van der Waals surface area (Å²) in [4.78, 5) is 27.5. The van der Waals surface area contributed by atoms with Gasteiger partial charge < -0.3 is 15.0 Å². The first-order valence-electron chi connectivity index (χ1n) is 10.6. The second-order valence-corrected chi connectivity index (χ2v) is 8.17. The zero-order valence-corrected chi connectivity index (χ0v) is 18.8. The van der Waals surface area contributed by atoms with E-state index in [1.807, 2.05) is 37.3 Å². The molecule has 0 saturated heterocycles. The maximum Gasteiger partial charge on any atom is 0.264 e. The molecular formula is C26H22ClN3O3. The van der Waals surface area contributed by atoms with Crippen LogP contribution in [-0.4, -0.2) is 22.8 Å². The van der Waals surface area contributed by atoms with E-state index in [9.17, 15) is 9.59 Å². The normalized spacial score (nSPS) is 15.1. The van der Waals surface area contributed by atoms with Crippen molar-refractivity contribution in [2.24, 2.45) is 0 Å². The van der Waals surface area contributed by atoms with E-state index in [1.165, 1.54) is 0 Å². The third kappa shape index (κ3) is 5.00. The standard InChI is InChI=1S/C26H22ClN3O3/c1-2-23-26(32)30(15-19-5-3-4-6-22(19)27)16-20-13-21(11-12-24(20)33-23)29-25(31)18-9-7-17(14-28)8-10-18/h3-13,23H,2,15-16H2,1H3,(H,29,31). The largest absolute Gasteiger partial charge is 0.480 e. The Bertz CT molecular complexity index is 1230. The molecular weight excluding hydrogens is 438 g/mol. The molecule has 4 rings (SSSR count). The number of rotatable bonds is 5. The first-order valence-corrected chi connectivity index (χ1v) is 11.0. The van der Waals surface area contributed by atoms with E-state index in [1.54, 1.807) is 47.4 Å². The predicted molar refractivity (Wildman–Crippen MR) is 126 cm³/mol. The minimum absolute atomic E-state index is 0.100. The average molecular weight is 460 g/mol. The molecule has 166 valence electrons. The molecule has 0 radical (unpaired) electrons. The van der Waals surface area contributed by atoms with Crippen LogP contribution in [-0.2, 0) is 17.9 Å². The highest BCUT2D eigenvalue weighted by molar-refractivity contribution is 6.31. The Hall–Kier alpha value is -3.82. The summed E-state index contributed by atoms with van der Waals surface area (Å²) in [6, 6.07) is 21.2. The molecule has 0 aliphatic carbocycles. The monoisotopic (exact) mass is 459 g/mol. The van der Waals surface area contributed by atoms with Gasteiger partial charge in [0.2, 0.25) is 0 Å². The molecule has 6 nitrogen and oxygen atoms in total. The van der Waals surface area contributed by atoms with Crippen LogP contribution in [0.4, 0.5) is 5.69 Å². The Labute approximate surface area is 197 Å². The van der Waals surface area contributed by atoms with E-state index >= 15 is 0 Å². The molecule has 2 amide bonds. The second-order valence-electron chi connectivity index (χ2n) is 7.77. The minimum Gasteiger partial charge on any atom is -0.480 e. The first kappa shape index (κ1) is 22.4. The first-order chi connectivity index (χ1) is 16.0. The van der Waals surface area contributed by atoms with E-state index in [0.29, 0.717) is 47.1 Å². The predicted octanol–water partition coefficient (Wildman–Crippen LogP) is 5.16. The molecule has 0 saturated carbocycles. The molecule has 0 aromatic heterocycles. The number of ether oxygens (including phenoxy) is 1. The molecule has 3 aromatic carbocycles. The van der Waals surface area contributed by atoms with E-state index in [2.05, 4.69) is 5.32 Å². The second kappa shape index (κ2) is 9.76. The minimum atomic E-state index is -0.590. The van der Waals surface area contributed by atoms with Gasteiger partial charge in [0.25, 0.3) is 11.8 Å². The zero-order chi connectivity index (χ0) is 23.4. The topological polar surface area (TPSA) is 82.4 Å². The van der Waals surface area contributed by atoms with Crippen molar-refractivity contribution in [1.29, 1.82) is 5.26 Å². The number of hydrogen-bond acceptors (Lipinski definition) is 4. The lowest BCUT2D eigenvalue weighted by Crippen LogP contribution is -2.38. The summed E-state index contributed by atoms with van der Waals surface area (Å²) in [6.07, 6.45) is -0.0538. The van der Waals surface area contributed by atoms with Gasteiger partial charge in [-0.2, -0.15) is 5.26 Å². The third-order valence-electron chi connectivity index (χ3n) is 5.50. The lowest BCUT2D eigenvalue weighted by molar-refractivity contribution is -0.139. The Morgan fingerprint density at radius 2 is 1.94 bits per heavy atom. The van der Waals surface area contributed by atoms with Crippen molar-refractivity contribution in [3.63, 3.8) is 0 Å². The smallest absolute Gasteiger partial charge is 0.264 e. The number of nitriles is 1. The molecule has 1 aliphatic rings. The fourth-order valence-electron chi connectivity index (χ4n) is 3.71. The molecule has 1 atom stereocenters. The molecule has 33 heavy (non-hydrogen) atoms. The van der Waals surface area contributed by atoms with Gasteiger partial charge in [-0.15, -0.1) is 0 Å². The van der Waals surface area contributed by atoms with Crippen molar-refractivity contribution in [1.82, 2.24) is 4.90 Å². The van der Waals surface area contributed by atoms with E-state index < -0.39 is 6.10 Å². The lowest BCUT2D eigenvalue weighted by atomic mass is 10.1. The summed E-state index contributed by atoms with van der Waals surface area (Å²) in [7, 11) is 0. The van der Waals surface area contributed by atoms with Gasteiger partial charge in [-0.25, -0.2) is 0 Å². The van der Waals surface area contributed by atoms with Gasteiger partial charge in [0.1, 0.15) is 5.75 Å². The van der Waals surface area contributed by atoms with Gasteiger partial charge in [0, 0.05) is 34.9 Å². The van der Waals surface area contributed by atoms with Crippen LogP contribution in [0.3, 0.4) is 0 Å². The summed E-state index contributed by atoms with van der Waals surface area (Å²) < 4.78 is 6.02. The highest BCUT2D eigenvalue weighted by Crippen LogP contribution is 2.31. The molecule has 1 aliphatic heterocycles. The summed E-state index contributed by atoms with van der Waals surface area (Å²) in [5.41, 5.74) is 3.18. The van der Waals surface area contributed by atoms with Crippen molar-refractivity contribution in [2.75, 3.05) is 5.32 Å². The maximum atomic E-state index is 13.1. The SMILES string of the molecule is CCC1Oc2ccc(NC(=O)c3ccc(C#N)cc3)cc2CN(Cc2ccccc2Cl)C1=O. The number of fused-ring (bicyclic) bond motifs is 1. The van der Waals surface area contributed by atoms with E-state index in [0.717, 1.165) is 11.1 Å². The van der Waals surface area contributed by atoms with Gasteiger partial charge in [0.15, 0.2) is 6.10 Å². The van der Waals surface area contributed by atoms with Crippen LogP contribution in [0.1, 0.15) is 40.4 Å². The maximum absolute atomic E-state index is 13.1. The number of nitrogens with one attached hydrogen (secondary N) is 1. The average Bonchev–Trinajstić information content (AvgIpc) is 2.96. The number of anilines is 1. The van der Waals surface area contributed by atoms with Crippen molar-refractivity contribution in [2.45, 2.75) is 32.5 Å². The van der Waals surface area contributed by atoms with Crippen LogP contribution in [0.5, 0.6) is 5.75 Å². The van der Waals surface area contributed by atoms with Gasteiger partial charge in [0.05, 0.1) is 11.6 Å². The van der Waals surface area contributed by atoms with Crippen LogP contribution >= 0.6 is 11.6 Å². The van der Waals surface area contributed by atoms with Crippen molar-refractivity contribution in [3.8, 4) is 11.8 Å². The van der Waals surface area contributed by atoms with Gasteiger partial charge in [-0.1, -0.05) is 36.7 Å². The molecule has 7 heteroatoms. The Morgan fingerprint density at radius 3 is 2.64 bits per heavy atom. The van der Waals surface area contributed by atoms with Crippen LogP contribution in [0, 0.1) is 11.3 Å². The summed E-state index contributed by atoms with van der Waals surface area (Å²) in [6.45, 7) is 2.60. The fourth-order valence-corrected chi connectivity index (χ4v) is 3.91. The Morgan fingerprint density at radius 1 is 1.18 bits per heavy atom. The van der Waals surface area contributed by atoms with Crippen molar-refractivity contribution >= 4 is 29.1 Å². The van der Waals surface area contributed by atoms with Crippen LogP contribution in [0.2, 0.25) is 5.02 Å².